The summed E-state index contributed by atoms with van der Waals surface area (Å²) in [5, 5.41) is 3.37. The molecule has 0 aliphatic heterocycles. The van der Waals surface area contributed by atoms with E-state index in [0.717, 1.165) is 22.7 Å². The molecule has 1 heterocycles. The van der Waals surface area contributed by atoms with Crippen LogP contribution in [-0.4, -0.2) is 21.2 Å². The normalized spacial score (nSPS) is 10.9. The molecule has 1 amide bonds. The Morgan fingerprint density at radius 1 is 1.22 bits per heavy atom. The molecule has 6 heteroatoms. The van der Waals surface area contributed by atoms with Crippen LogP contribution in [0.4, 0.5) is 10.1 Å². The van der Waals surface area contributed by atoms with Crippen LogP contribution in [0.1, 0.15) is 6.92 Å². The van der Waals surface area contributed by atoms with Gasteiger partial charge < -0.3 is 9.88 Å². The molecule has 0 radical (unpaired) electrons. The molecule has 118 valence electrons. The Morgan fingerprint density at radius 3 is 2.74 bits per heavy atom. The predicted molar refractivity (Wildman–Crippen MR) is 91.2 cm³/mol. The van der Waals surface area contributed by atoms with Gasteiger partial charge in [-0.1, -0.05) is 36.0 Å². The zero-order valence-electron chi connectivity index (χ0n) is 12.6. The molecule has 0 unspecified atom stereocenters. The molecule has 3 aromatic rings. The molecule has 23 heavy (non-hydrogen) atoms. The molecular weight excluding hydrogens is 313 g/mol. The third-order valence-corrected chi connectivity index (χ3v) is 4.39. The fraction of sp³-hybridized carbons (Fsp3) is 0.176. The van der Waals surface area contributed by atoms with Gasteiger partial charge in [0.05, 0.1) is 22.5 Å². The predicted octanol–water partition coefficient (Wildman–Crippen LogP) is 3.93. The van der Waals surface area contributed by atoms with Gasteiger partial charge in [0.1, 0.15) is 5.82 Å². The summed E-state index contributed by atoms with van der Waals surface area (Å²) in [6.45, 7) is 2.81. The van der Waals surface area contributed by atoms with Gasteiger partial charge in [-0.2, -0.15) is 0 Å². The Bertz CT molecular complexity index is 847. The number of nitrogens with one attached hydrogen (secondary N) is 1. The summed E-state index contributed by atoms with van der Waals surface area (Å²) in [5.74, 6) is -0.515. The molecule has 0 aliphatic carbocycles. The van der Waals surface area contributed by atoms with Crippen LogP contribution in [-0.2, 0) is 11.3 Å². The zero-order chi connectivity index (χ0) is 16.2. The minimum absolute atomic E-state index is 0.178. The van der Waals surface area contributed by atoms with Gasteiger partial charge in [0.2, 0.25) is 5.91 Å². The number of carbonyl (C=O) groups is 1. The van der Waals surface area contributed by atoms with E-state index >= 15 is 0 Å². The lowest BCUT2D eigenvalue weighted by Crippen LogP contribution is -2.15. The van der Waals surface area contributed by atoms with Crippen molar-refractivity contribution in [2.24, 2.45) is 0 Å². The third-order valence-electron chi connectivity index (χ3n) is 3.42. The van der Waals surface area contributed by atoms with Crippen LogP contribution in [0.25, 0.3) is 11.0 Å². The number of halogens is 1. The minimum atomic E-state index is -0.438. The van der Waals surface area contributed by atoms with E-state index in [1.54, 1.807) is 18.2 Å². The van der Waals surface area contributed by atoms with Crippen LogP contribution in [0.2, 0.25) is 0 Å². The van der Waals surface area contributed by atoms with E-state index in [-0.39, 0.29) is 17.3 Å². The summed E-state index contributed by atoms with van der Waals surface area (Å²) in [6, 6.07) is 14.0. The smallest absolute Gasteiger partial charge is 0.234 e. The Morgan fingerprint density at radius 2 is 1.96 bits per heavy atom. The van der Waals surface area contributed by atoms with Crippen molar-refractivity contribution in [2.45, 2.75) is 18.6 Å². The van der Waals surface area contributed by atoms with Gasteiger partial charge in [0.25, 0.3) is 0 Å². The quantitative estimate of drug-likeness (QED) is 0.722. The van der Waals surface area contributed by atoms with Gasteiger partial charge in [-0.3, -0.25) is 4.79 Å². The Balaban J connectivity index is 1.71. The lowest BCUT2D eigenvalue weighted by atomic mass is 10.3. The maximum absolute atomic E-state index is 13.5. The summed E-state index contributed by atoms with van der Waals surface area (Å²) in [7, 11) is 0. The molecular formula is C17H16FN3OS. The molecule has 4 nitrogen and oxygen atoms in total. The number of hydrogen-bond donors (Lipinski definition) is 1. The van der Waals surface area contributed by atoms with Crippen LogP contribution in [0.3, 0.4) is 0 Å². The van der Waals surface area contributed by atoms with E-state index in [1.165, 1.54) is 17.8 Å². The molecule has 2 aromatic carbocycles. The maximum Gasteiger partial charge on any atom is 0.234 e. The number of thioether (sulfide) groups is 1. The first-order valence-electron chi connectivity index (χ1n) is 7.31. The topological polar surface area (TPSA) is 46.9 Å². The minimum Gasteiger partial charge on any atom is -0.323 e. The van der Waals surface area contributed by atoms with E-state index in [0.29, 0.717) is 0 Å². The lowest BCUT2D eigenvalue weighted by molar-refractivity contribution is -0.113. The Labute approximate surface area is 137 Å². The first kappa shape index (κ1) is 15.6. The van der Waals surface area contributed by atoms with Crippen molar-refractivity contribution in [3.63, 3.8) is 0 Å². The molecule has 0 fully saturated rings. The molecule has 1 N–H and O–H groups in total. The number of fused-ring (bicyclic) bond motifs is 1. The number of benzene rings is 2. The van der Waals surface area contributed by atoms with Crippen molar-refractivity contribution < 1.29 is 9.18 Å². The number of hydrogen-bond acceptors (Lipinski definition) is 3. The standard InChI is InChI=1S/C17H16FN3OS/c1-2-21-15-10-6-5-9-14(15)20-17(21)23-11-16(22)19-13-8-4-3-7-12(13)18/h3-10H,2,11H2,1H3,(H,19,22). The van der Waals surface area contributed by atoms with E-state index in [1.807, 2.05) is 31.2 Å². The van der Waals surface area contributed by atoms with Crippen molar-refractivity contribution in [1.29, 1.82) is 0 Å². The molecule has 0 spiro atoms. The van der Waals surface area contributed by atoms with Crippen molar-refractivity contribution in [1.82, 2.24) is 9.55 Å². The lowest BCUT2D eigenvalue weighted by Gasteiger charge is -2.07. The molecule has 0 saturated heterocycles. The fourth-order valence-corrected chi connectivity index (χ4v) is 3.23. The summed E-state index contributed by atoms with van der Waals surface area (Å²) in [5.41, 5.74) is 2.15. The van der Waals surface area contributed by atoms with Gasteiger partial charge in [-0.15, -0.1) is 0 Å². The van der Waals surface area contributed by atoms with E-state index in [2.05, 4.69) is 14.9 Å². The van der Waals surface area contributed by atoms with E-state index < -0.39 is 5.82 Å². The number of aryl methyl sites for hydroxylation is 1. The van der Waals surface area contributed by atoms with Crippen LogP contribution in [0.15, 0.2) is 53.7 Å². The van der Waals surface area contributed by atoms with Gasteiger partial charge in [0, 0.05) is 6.54 Å². The number of carbonyl (C=O) groups excluding carboxylic acids is 1. The maximum atomic E-state index is 13.5. The highest BCUT2D eigenvalue weighted by atomic mass is 32.2. The summed E-state index contributed by atoms with van der Waals surface area (Å²) in [6.07, 6.45) is 0. The molecule has 0 bridgehead atoms. The highest BCUT2D eigenvalue weighted by molar-refractivity contribution is 7.99. The van der Waals surface area contributed by atoms with Gasteiger partial charge in [0.15, 0.2) is 5.16 Å². The average Bonchev–Trinajstić information content (AvgIpc) is 2.92. The number of anilines is 1. The molecule has 3 rings (SSSR count). The summed E-state index contributed by atoms with van der Waals surface area (Å²) >= 11 is 1.35. The first-order chi connectivity index (χ1) is 11.2. The van der Waals surface area contributed by atoms with Crippen LogP contribution in [0, 0.1) is 5.82 Å². The number of nitrogens with zero attached hydrogens (tertiary/aromatic N) is 2. The van der Waals surface area contributed by atoms with Crippen LogP contribution >= 0.6 is 11.8 Å². The van der Waals surface area contributed by atoms with Crippen molar-refractivity contribution >= 4 is 34.4 Å². The molecule has 1 aromatic heterocycles. The first-order valence-corrected chi connectivity index (χ1v) is 8.30. The van der Waals surface area contributed by atoms with E-state index in [9.17, 15) is 9.18 Å². The second kappa shape index (κ2) is 6.83. The second-order valence-corrected chi connectivity index (χ2v) is 5.89. The number of para-hydroxylation sites is 3. The largest absolute Gasteiger partial charge is 0.323 e. The Kier molecular flexibility index (Phi) is 4.62. The van der Waals surface area contributed by atoms with Crippen molar-refractivity contribution in [3.8, 4) is 0 Å². The number of imidazole rings is 1. The average molecular weight is 329 g/mol. The number of aromatic nitrogens is 2. The van der Waals surface area contributed by atoms with Gasteiger partial charge in [-0.05, 0) is 31.2 Å². The van der Waals surface area contributed by atoms with Crippen molar-refractivity contribution in [2.75, 3.05) is 11.1 Å². The summed E-state index contributed by atoms with van der Waals surface area (Å²) in [4.78, 5) is 16.6. The van der Waals surface area contributed by atoms with Gasteiger partial charge in [-0.25, -0.2) is 9.37 Å². The molecule has 0 aliphatic rings. The zero-order valence-corrected chi connectivity index (χ0v) is 13.4. The highest BCUT2D eigenvalue weighted by Gasteiger charge is 2.12. The highest BCUT2D eigenvalue weighted by Crippen LogP contribution is 2.24. The SMILES string of the molecule is CCn1c(SCC(=O)Nc2ccccc2F)nc2ccccc21. The Hall–Kier alpha value is -2.34. The number of rotatable bonds is 5. The third kappa shape index (κ3) is 3.37. The fourth-order valence-electron chi connectivity index (χ4n) is 2.35. The van der Waals surface area contributed by atoms with Crippen molar-refractivity contribution in [3.05, 3.63) is 54.3 Å². The van der Waals surface area contributed by atoms with E-state index in [4.69, 9.17) is 0 Å². The summed E-state index contributed by atoms with van der Waals surface area (Å²) < 4.78 is 15.6. The molecule has 0 saturated carbocycles. The molecule has 0 atom stereocenters. The van der Waals surface area contributed by atoms with Crippen LogP contribution in [0.5, 0.6) is 0 Å². The second-order valence-electron chi connectivity index (χ2n) is 4.94. The number of amides is 1. The monoisotopic (exact) mass is 329 g/mol. The van der Waals surface area contributed by atoms with Gasteiger partial charge >= 0.3 is 0 Å². The van der Waals surface area contributed by atoms with Crippen LogP contribution < -0.4 is 5.32 Å².